The number of hydrogen-bond acceptors (Lipinski definition) is 21. The normalized spacial score (nSPS) is 9.57. The fourth-order valence-corrected chi connectivity index (χ4v) is 9.28. The predicted octanol–water partition coefficient (Wildman–Crippen LogP) is 17.3. The van der Waals surface area contributed by atoms with Crippen molar-refractivity contribution in [3.05, 3.63) is 236 Å². The molecule has 0 unspecified atom stereocenters. The van der Waals surface area contributed by atoms with Crippen molar-refractivity contribution in [2.45, 2.75) is 154 Å². The Kier molecular flexibility index (Phi) is 66.3. The molecule has 0 radical (unpaired) electrons. The third kappa shape index (κ3) is 42.8. The summed E-state index contributed by atoms with van der Waals surface area (Å²) in [6.45, 7) is 14.5. The molecule has 0 aliphatic heterocycles. The minimum atomic E-state index is -0.519. The van der Waals surface area contributed by atoms with Gasteiger partial charge in [0, 0.05) is 188 Å². The highest BCUT2D eigenvalue weighted by Gasteiger charge is 2.17. The lowest BCUT2D eigenvalue weighted by Crippen LogP contribution is -2.33. The van der Waals surface area contributed by atoms with E-state index in [2.05, 4.69) is 85.5 Å². The van der Waals surface area contributed by atoms with E-state index >= 15 is 0 Å². The topological polar surface area (TPSA) is 412 Å². The molecule has 0 spiro atoms. The Morgan fingerprint density at radius 2 is 1.01 bits per heavy atom. The van der Waals surface area contributed by atoms with Crippen LogP contribution in [0.25, 0.3) is 60.6 Å². The Morgan fingerprint density at radius 1 is 0.609 bits per heavy atom. The summed E-state index contributed by atoms with van der Waals surface area (Å²) in [4.78, 5) is 73.1. The molecule has 31 nitrogen and oxygen atoms in total. The number of nitrogens with zero attached hydrogens (tertiary/aromatic N) is 13. The number of aromatic amines is 5. The first kappa shape index (κ1) is 119. The highest BCUT2D eigenvalue weighted by atomic mass is 35.5. The number of aryl methyl sites for hydroxylation is 1. The molecule has 9 N–H and O–H groups in total. The quantitative estimate of drug-likeness (QED) is 0.0138. The van der Waals surface area contributed by atoms with Crippen molar-refractivity contribution in [1.82, 2.24) is 75.2 Å². The number of carbonyl (C=O) groups excluding carboxylic acids is 1. The van der Waals surface area contributed by atoms with Crippen LogP contribution in [0.15, 0.2) is 172 Å². The average Bonchev–Trinajstić information content (AvgIpc) is 1.49. The molecule has 1 amide bonds. The first-order valence-electron chi connectivity index (χ1n) is 33.0. The molecule has 32 heteroatoms. The van der Waals surface area contributed by atoms with Crippen LogP contribution in [0, 0.1) is 48.9 Å². The summed E-state index contributed by atoms with van der Waals surface area (Å²) in [6, 6.07) is 16.2. The molecule has 0 saturated carbocycles. The lowest BCUT2D eigenvalue weighted by atomic mass is 10.1. The van der Waals surface area contributed by atoms with Crippen LogP contribution in [0.4, 0.5) is 16.2 Å². The summed E-state index contributed by atoms with van der Waals surface area (Å²) in [5.41, 5.74) is 15.8. The van der Waals surface area contributed by atoms with Crippen LogP contribution >= 0.6 is 12.4 Å². The maximum atomic E-state index is 11.5. The highest BCUT2D eigenvalue weighted by molar-refractivity contribution is 5.86. The molecule has 0 fully saturated rings. The van der Waals surface area contributed by atoms with Crippen molar-refractivity contribution < 1.29 is 38.3 Å². The standard InChI is InChI=1S/C14H19N3O2.C10H13N3.C9H11N3O3.C9H11N3.C9H7N3.C7H6N2.C7H17NO2.C6H6N2O3.C2H7N.10CH4.ClH/c1-14(2,3)19-13(18)16-7-4-10-8-17-12-5-6-15-9-11(10)12;1-13(2)7-8-5-12-10-3-4-11-6-9(8)10;1-10(2)5-3-8-7-11(13)6-4-9(8)12(14)15;2*10-3-1-7-5-12-9-2-4-11-6-8(7)9;1-4-9-7-2-3-8-5-6(1)7;1-5-9-7(8(3)4)10-6-2;1-5-4-7(9)3-2-6(5)8(10)11;1-3-2;;;;;;;;;;;/h5-6,8-9,17H,4,7H2,1-3H3,(H,16,18);3-6,12H,7H2,1-2H3;3-7H,1-2H3;2,4-6,12H,1,3,10H2;2,4-6,12H,1H2;1-5,9H;7H,5-6H2,1-4H3;2-4H,1H3;3H,1-2H3;10*1H4;1H. The Morgan fingerprint density at radius 3 is 1.40 bits per heavy atom. The molecule has 12 aromatic rings. The van der Waals surface area contributed by atoms with Crippen molar-refractivity contribution >= 4 is 90.5 Å². The van der Waals surface area contributed by atoms with Gasteiger partial charge in [-0.25, -0.2) is 4.79 Å². The number of nitro groups is 2. The average molecular weight is 1630 g/mol. The number of nitriles is 1. The van der Waals surface area contributed by atoms with E-state index in [4.69, 9.17) is 25.2 Å². The van der Waals surface area contributed by atoms with Crippen LogP contribution in [-0.2, 0) is 40.0 Å². The Hall–Kier alpha value is -11.5. The number of fused-ring (bicyclic) bond motifs is 5. The summed E-state index contributed by atoms with van der Waals surface area (Å²) in [6.07, 6.45) is 37.0. The van der Waals surface area contributed by atoms with E-state index in [-0.39, 0.29) is 116 Å². The number of ether oxygens (including phenoxy) is 3. The van der Waals surface area contributed by atoms with Crippen LogP contribution in [0.2, 0.25) is 0 Å². The van der Waals surface area contributed by atoms with Gasteiger partial charge in [-0.05, 0) is 174 Å². The third-order valence-corrected chi connectivity index (χ3v) is 13.9. The van der Waals surface area contributed by atoms with E-state index in [0.717, 1.165) is 99.0 Å². The largest absolute Gasteiger partial charge is 0.619 e. The number of alkyl carbamates (subject to hydrolysis) is 1. The molecule has 0 atom stereocenters. The van der Waals surface area contributed by atoms with Gasteiger partial charge in [-0.1, -0.05) is 74.3 Å². The van der Waals surface area contributed by atoms with Crippen molar-refractivity contribution in [2.75, 3.05) is 82.7 Å². The number of carbonyl (C=O) groups is 1. The van der Waals surface area contributed by atoms with E-state index in [1.165, 1.54) is 47.0 Å². The third-order valence-electron chi connectivity index (χ3n) is 13.9. The summed E-state index contributed by atoms with van der Waals surface area (Å²) in [7, 11) is 15.3. The fraction of sp³-hybridized carbons (Fsp3) is 0.410. The fourth-order valence-electron chi connectivity index (χ4n) is 9.28. The Bertz CT molecular complexity index is 4550. The van der Waals surface area contributed by atoms with Gasteiger partial charge < -0.3 is 75.7 Å². The molecule has 0 aromatic carbocycles. The van der Waals surface area contributed by atoms with E-state index < -0.39 is 15.4 Å². The van der Waals surface area contributed by atoms with E-state index in [1.54, 1.807) is 62.4 Å². The van der Waals surface area contributed by atoms with E-state index in [0.29, 0.717) is 47.7 Å². The molecule has 12 heterocycles. The maximum Gasteiger partial charge on any atom is 0.407 e. The summed E-state index contributed by atoms with van der Waals surface area (Å²) >= 11 is 0. The number of rotatable bonds is 17. The molecule has 12 rings (SSSR count). The van der Waals surface area contributed by atoms with Gasteiger partial charge in [-0.2, -0.15) is 14.7 Å². The van der Waals surface area contributed by atoms with Crippen LogP contribution in [0.1, 0.15) is 142 Å². The Balaban J connectivity index is -0.000000188. The van der Waals surface area contributed by atoms with E-state index in [1.807, 2.05) is 160 Å². The van der Waals surface area contributed by atoms with Gasteiger partial charge in [-0.3, -0.25) is 50.0 Å². The SMILES string of the molecule is C.C.C.C.C.C.C.C.C.C.CC(C)(C)OC(=O)NCCc1c[nH]c2ccncc12.CCOC(OCC)N(C)C.CN(C)C=Cc1c[n+]([O-])ccc1[N+](=O)[O-].CN(C)Cc1c[nH]c2ccncc12.CNC.Cc1c[n+]([O-])ccc1[N+](=O)[O-].Cl.N#CCc1c[nH]c2ccncc12.NCCc1c[nH]c2ccncc12.c1cc2[nH]ccc2cn1. The van der Waals surface area contributed by atoms with E-state index in [9.17, 15) is 35.4 Å². The molecule has 0 aliphatic carbocycles. The first-order valence-corrected chi connectivity index (χ1v) is 33.0. The number of H-pyrrole nitrogens is 5. The summed E-state index contributed by atoms with van der Waals surface area (Å²) in [5, 5.41) is 62.1. The van der Waals surface area contributed by atoms with Gasteiger partial charge in [0.15, 0.2) is 24.8 Å². The number of hydrogen-bond donors (Lipinski definition) is 8. The van der Waals surface area contributed by atoms with Gasteiger partial charge in [0.05, 0.1) is 40.0 Å². The molecule has 0 saturated heterocycles. The summed E-state index contributed by atoms with van der Waals surface area (Å²) < 4.78 is 16.7. The van der Waals surface area contributed by atoms with Crippen molar-refractivity contribution in [1.29, 1.82) is 5.26 Å². The molecular formula is C83H138ClN21O10. The highest BCUT2D eigenvalue weighted by Crippen LogP contribution is 2.21. The van der Waals surface area contributed by atoms with Gasteiger partial charge in [0.1, 0.15) is 11.2 Å². The molecule has 0 bridgehead atoms. The molecule has 642 valence electrons. The lowest BCUT2D eigenvalue weighted by Gasteiger charge is -2.22. The van der Waals surface area contributed by atoms with Gasteiger partial charge in [-0.15, -0.1) is 12.4 Å². The molecular weight excluding hydrogens is 1490 g/mol. The zero-order valence-corrected chi connectivity index (χ0v) is 62.7. The number of nitrogens with two attached hydrogens (primary N) is 1. The van der Waals surface area contributed by atoms with Gasteiger partial charge >= 0.3 is 6.09 Å². The number of aromatic nitrogens is 12. The zero-order valence-electron chi connectivity index (χ0n) is 61.9. The van der Waals surface area contributed by atoms with Crippen LogP contribution < -0.4 is 25.8 Å². The van der Waals surface area contributed by atoms with Gasteiger partial charge in [0.25, 0.3) is 11.4 Å². The molecule has 12 aromatic heterocycles. The molecule has 115 heavy (non-hydrogen) atoms. The summed E-state index contributed by atoms with van der Waals surface area (Å²) in [5.74, 6) is 0. The number of amides is 1. The maximum absolute atomic E-state index is 11.5. The van der Waals surface area contributed by atoms with Crippen molar-refractivity contribution in [2.24, 2.45) is 5.73 Å². The minimum Gasteiger partial charge on any atom is -0.619 e. The van der Waals surface area contributed by atoms with Crippen molar-refractivity contribution in [3.8, 4) is 6.07 Å². The second-order valence-electron chi connectivity index (χ2n) is 24.2. The lowest BCUT2D eigenvalue weighted by molar-refractivity contribution is -0.606. The van der Waals surface area contributed by atoms with Gasteiger partial charge in [0.2, 0.25) is 6.41 Å². The molecule has 0 aliphatic rings. The number of halogens is 1. The minimum absolute atomic E-state index is 0. The number of pyridine rings is 7. The van der Waals surface area contributed by atoms with Crippen LogP contribution in [0.3, 0.4) is 0 Å². The van der Waals surface area contributed by atoms with Crippen molar-refractivity contribution in [3.63, 3.8) is 0 Å². The smallest absolute Gasteiger partial charge is 0.407 e. The second-order valence-corrected chi connectivity index (χ2v) is 24.2. The second kappa shape index (κ2) is 64.0. The Labute approximate surface area is 690 Å². The van der Waals surface area contributed by atoms with Crippen LogP contribution in [0.5, 0.6) is 0 Å². The monoisotopic (exact) mass is 1620 g/mol. The first-order chi connectivity index (χ1) is 49.8. The zero-order chi connectivity index (χ0) is 76.6. The van der Waals surface area contributed by atoms with Crippen LogP contribution in [-0.4, -0.2) is 175 Å². The predicted molar refractivity (Wildman–Crippen MR) is 480 cm³/mol. The number of nitrogens with one attached hydrogen (secondary N) is 7.